The van der Waals surface area contributed by atoms with E-state index in [1.807, 2.05) is 18.2 Å². The number of carbonyl (C=O) groups is 1. The van der Waals surface area contributed by atoms with Crippen LogP contribution in [0.25, 0.3) is 0 Å². The summed E-state index contributed by atoms with van der Waals surface area (Å²) in [5.41, 5.74) is 2.91. The number of hydrogen-bond acceptors (Lipinski definition) is 6. The number of amides is 1. The predicted molar refractivity (Wildman–Crippen MR) is 112 cm³/mol. The molecule has 0 saturated carbocycles. The van der Waals surface area contributed by atoms with Crippen molar-refractivity contribution >= 4 is 11.9 Å². The molecule has 0 aliphatic carbocycles. The van der Waals surface area contributed by atoms with Crippen molar-refractivity contribution in [2.75, 3.05) is 38.9 Å². The second-order valence-corrected chi connectivity index (χ2v) is 7.57. The molecule has 1 aromatic heterocycles. The average molecular weight is 412 g/mol. The van der Waals surface area contributed by atoms with Crippen LogP contribution in [0.1, 0.15) is 48.3 Å². The molecule has 1 fully saturated rings. The van der Waals surface area contributed by atoms with Crippen molar-refractivity contribution in [3.8, 4) is 5.75 Å². The van der Waals surface area contributed by atoms with Crippen LogP contribution in [0.2, 0.25) is 0 Å². The number of carbonyl (C=O) groups excluding carboxylic acids is 1. The number of pyridine rings is 1. The van der Waals surface area contributed by atoms with Crippen LogP contribution < -0.4 is 9.64 Å². The summed E-state index contributed by atoms with van der Waals surface area (Å²) >= 11 is 0. The lowest BCUT2D eigenvalue weighted by Crippen LogP contribution is -2.39. The standard InChI is InChI=1S/C23H28N2O5/c1-27-22(28-2)20-19(16-10-13-29-14-11-16)15-17-7-6-12-25(21(17)24-20)23(26)30-18-8-4-3-5-9-18/h3-5,8-9,15-16,22H,6-7,10-14H2,1-2H3. The third-order valence-electron chi connectivity index (χ3n) is 5.70. The highest BCUT2D eigenvalue weighted by molar-refractivity contribution is 5.89. The van der Waals surface area contributed by atoms with Crippen LogP contribution >= 0.6 is 0 Å². The van der Waals surface area contributed by atoms with Gasteiger partial charge in [0.15, 0.2) is 0 Å². The summed E-state index contributed by atoms with van der Waals surface area (Å²) in [7, 11) is 3.20. The minimum absolute atomic E-state index is 0.339. The van der Waals surface area contributed by atoms with E-state index in [9.17, 15) is 4.79 Å². The molecule has 0 spiro atoms. The first kappa shape index (κ1) is 20.8. The number of fused-ring (bicyclic) bond motifs is 1. The first-order valence-electron chi connectivity index (χ1n) is 10.4. The quantitative estimate of drug-likeness (QED) is 0.685. The molecule has 160 valence electrons. The third-order valence-corrected chi connectivity index (χ3v) is 5.70. The molecule has 0 N–H and O–H groups in total. The van der Waals surface area contributed by atoms with Gasteiger partial charge in [0.2, 0.25) is 6.29 Å². The number of ether oxygens (including phenoxy) is 4. The van der Waals surface area contributed by atoms with Crippen LogP contribution in [0.15, 0.2) is 36.4 Å². The van der Waals surface area contributed by atoms with Crippen LogP contribution in [0.5, 0.6) is 5.75 Å². The Labute approximate surface area is 176 Å². The van der Waals surface area contributed by atoms with Crippen LogP contribution in [0.3, 0.4) is 0 Å². The van der Waals surface area contributed by atoms with E-state index < -0.39 is 12.4 Å². The molecule has 4 rings (SSSR count). The van der Waals surface area contributed by atoms with Crippen molar-refractivity contribution < 1.29 is 23.7 Å². The van der Waals surface area contributed by atoms with Gasteiger partial charge < -0.3 is 18.9 Å². The largest absolute Gasteiger partial charge is 0.420 e. The zero-order valence-corrected chi connectivity index (χ0v) is 17.5. The Hall–Kier alpha value is -2.48. The normalized spacial score (nSPS) is 17.1. The van der Waals surface area contributed by atoms with Gasteiger partial charge in [-0.3, -0.25) is 4.90 Å². The van der Waals surface area contributed by atoms with Crippen LogP contribution in [0, 0.1) is 0 Å². The van der Waals surface area contributed by atoms with Gasteiger partial charge in [-0.15, -0.1) is 0 Å². The van der Waals surface area contributed by atoms with Crippen molar-refractivity contribution in [1.29, 1.82) is 0 Å². The Morgan fingerprint density at radius 3 is 2.60 bits per heavy atom. The third kappa shape index (κ3) is 4.33. The summed E-state index contributed by atoms with van der Waals surface area (Å²) < 4.78 is 22.2. The van der Waals surface area contributed by atoms with Crippen LogP contribution in [-0.4, -0.2) is 45.1 Å². The van der Waals surface area contributed by atoms with E-state index in [-0.39, 0.29) is 0 Å². The fourth-order valence-corrected chi connectivity index (χ4v) is 4.19. The van der Waals surface area contributed by atoms with Crippen molar-refractivity contribution in [1.82, 2.24) is 4.98 Å². The van der Waals surface area contributed by atoms with Gasteiger partial charge in [0.25, 0.3) is 0 Å². The molecule has 0 atom stereocenters. The molecule has 2 aliphatic heterocycles. The average Bonchev–Trinajstić information content (AvgIpc) is 2.80. The number of hydrogen-bond donors (Lipinski definition) is 0. The molecular formula is C23H28N2O5. The molecule has 7 nitrogen and oxygen atoms in total. The van der Waals surface area contributed by atoms with Gasteiger partial charge >= 0.3 is 6.09 Å². The molecule has 1 aromatic carbocycles. The Kier molecular flexibility index (Phi) is 6.62. The summed E-state index contributed by atoms with van der Waals surface area (Å²) in [6.07, 6.45) is 2.59. The molecule has 3 heterocycles. The Balaban J connectivity index is 1.69. The lowest BCUT2D eigenvalue weighted by Gasteiger charge is -2.32. The smallest absolute Gasteiger partial charge is 0.410 e. The number of nitrogens with zero attached hydrogens (tertiary/aromatic N) is 2. The van der Waals surface area contributed by atoms with Crippen molar-refractivity contribution in [2.24, 2.45) is 0 Å². The summed E-state index contributed by atoms with van der Waals surface area (Å²) in [6.45, 7) is 2.04. The molecule has 30 heavy (non-hydrogen) atoms. The van der Waals surface area contributed by atoms with E-state index in [2.05, 4.69) is 6.07 Å². The van der Waals surface area contributed by atoms with Gasteiger partial charge in [0.05, 0.1) is 0 Å². The van der Waals surface area contributed by atoms with Gasteiger partial charge in [-0.05, 0) is 60.9 Å². The second kappa shape index (κ2) is 9.55. The summed E-state index contributed by atoms with van der Waals surface area (Å²) in [6, 6.07) is 11.3. The van der Waals surface area contributed by atoms with E-state index in [0.717, 1.165) is 55.7 Å². The van der Waals surface area contributed by atoms with E-state index in [1.54, 1.807) is 31.3 Å². The number of para-hydroxylation sites is 1. The molecular weight excluding hydrogens is 384 g/mol. The SMILES string of the molecule is COC(OC)c1nc2c(cc1C1CCOCC1)CCCN2C(=O)Oc1ccccc1. The molecule has 0 radical (unpaired) electrons. The minimum Gasteiger partial charge on any atom is -0.410 e. The second-order valence-electron chi connectivity index (χ2n) is 7.57. The zero-order valence-electron chi connectivity index (χ0n) is 17.5. The van der Waals surface area contributed by atoms with Gasteiger partial charge in [0, 0.05) is 34.0 Å². The Morgan fingerprint density at radius 2 is 1.90 bits per heavy atom. The highest BCUT2D eigenvalue weighted by Crippen LogP contribution is 2.37. The van der Waals surface area contributed by atoms with Gasteiger partial charge in [0.1, 0.15) is 17.3 Å². The molecule has 2 aromatic rings. The summed E-state index contributed by atoms with van der Waals surface area (Å²) in [5, 5.41) is 0. The van der Waals surface area contributed by atoms with Gasteiger partial charge in [-0.25, -0.2) is 9.78 Å². The molecule has 0 unspecified atom stereocenters. The summed E-state index contributed by atoms with van der Waals surface area (Å²) in [4.78, 5) is 19.4. The zero-order chi connectivity index (χ0) is 20.9. The van der Waals surface area contributed by atoms with E-state index >= 15 is 0 Å². The fraction of sp³-hybridized carbons (Fsp3) is 0.478. The highest BCUT2D eigenvalue weighted by Gasteiger charge is 2.31. The van der Waals surface area contributed by atoms with E-state index in [4.69, 9.17) is 23.9 Å². The molecule has 0 bridgehead atoms. The predicted octanol–water partition coefficient (Wildman–Crippen LogP) is 4.22. The number of methoxy groups -OCH3 is 2. The molecule has 7 heteroatoms. The first-order chi connectivity index (χ1) is 14.7. The lowest BCUT2D eigenvalue weighted by atomic mass is 9.88. The van der Waals surface area contributed by atoms with Crippen LogP contribution in [-0.2, 0) is 20.6 Å². The van der Waals surface area contributed by atoms with Crippen LogP contribution in [0.4, 0.5) is 10.6 Å². The maximum Gasteiger partial charge on any atom is 0.420 e. The number of benzene rings is 1. The number of anilines is 1. The summed E-state index contributed by atoms with van der Waals surface area (Å²) in [5.74, 6) is 1.48. The first-order valence-corrected chi connectivity index (χ1v) is 10.4. The highest BCUT2D eigenvalue weighted by atomic mass is 16.7. The Bertz CT molecular complexity index is 863. The van der Waals surface area contributed by atoms with Crippen molar-refractivity contribution in [2.45, 2.75) is 37.9 Å². The number of aromatic nitrogens is 1. The number of aryl methyl sites for hydroxylation is 1. The topological polar surface area (TPSA) is 70.1 Å². The monoisotopic (exact) mass is 412 g/mol. The molecule has 1 amide bonds. The maximum atomic E-state index is 12.9. The van der Waals surface area contributed by atoms with E-state index in [1.165, 1.54) is 0 Å². The lowest BCUT2D eigenvalue weighted by molar-refractivity contribution is -0.109. The van der Waals surface area contributed by atoms with Gasteiger partial charge in [-0.2, -0.15) is 0 Å². The molecule has 1 saturated heterocycles. The van der Waals surface area contributed by atoms with E-state index in [0.29, 0.717) is 24.0 Å². The Morgan fingerprint density at radius 1 is 1.17 bits per heavy atom. The maximum absolute atomic E-state index is 12.9. The van der Waals surface area contributed by atoms with Crippen molar-refractivity contribution in [3.05, 3.63) is 53.2 Å². The molecule has 2 aliphatic rings. The van der Waals surface area contributed by atoms with Gasteiger partial charge in [-0.1, -0.05) is 18.2 Å². The minimum atomic E-state index is -0.595. The number of rotatable bonds is 5. The van der Waals surface area contributed by atoms with Crippen molar-refractivity contribution in [3.63, 3.8) is 0 Å². The fourth-order valence-electron chi connectivity index (χ4n) is 4.19.